The van der Waals surface area contributed by atoms with Crippen molar-refractivity contribution in [2.45, 2.75) is 6.92 Å². The minimum Gasteiger partial charge on any atom is -0.493 e. The van der Waals surface area contributed by atoms with E-state index in [4.69, 9.17) is 9.47 Å². The Labute approximate surface area is 110 Å². The summed E-state index contributed by atoms with van der Waals surface area (Å²) in [6.07, 6.45) is 2.99. The van der Waals surface area contributed by atoms with Gasteiger partial charge in [-0.3, -0.25) is 9.89 Å². The van der Waals surface area contributed by atoms with E-state index in [9.17, 15) is 4.79 Å². The topological polar surface area (TPSA) is 76.2 Å². The molecule has 6 nitrogen and oxygen atoms in total. The molecule has 6 heteroatoms. The van der Waals surface area contributed by atoms with Gasteiger partial charge in [0.05, 0.1) is 25.5 Å². The highest BCUT2D eigenvalue weighted by Gasteiger charge is 2.10. The number of anilines is 1. The number of nitrogens with zero attached hydrogens (tertiary/aromatic N) is 1. The van der Waals surface area contributed by atoms with Crippen molar-refractivity contribution < 1.29 is 14.3 Å². The molecule has 1 aromatic heterocycles. The average molecular weight is 261 g/mol. The first-order chi connectivity index (χ1) is 9.24. The molecule has 2 N–H and O–H groups in total. The summed E-state index contributed by atoms with van der Waals surface area (Å²) >= 11 is 0. The summed E-state index contributed by atoms with van der Waals surface area (Å²) in [5.74, 6) is 0.984. The van der Waals surface area contributed by atoms with Gasteiger partial charge in [-0.25, -0.2) is 0 Å². The Morgan fingerprint density at radius 3 is 2.89 bits per heavy atom. The molecule has 1 amide bonds. The van der Waals surface area contributed by atoms with E-state index in [2.05, 4.69) is 15.5 Å². The number of benzene rings is 1. The molecule has 0 atom stereocenters. The van der Waals surface area contributed by atoms with Crippen LogP contribution in [-0.4, -0.2) is 29.8 Å². The van der Waals surface area contributed by atoms with E-state index < -0.39 is 0 Å². The van der Waals surface area contributed by atoms with Crippen LogP contribution in [0.2, 0.25) is 0 Å². The van der Waals surface area contributed by atoms with Crippen LogP contribution in [-0.2, 0) is 0 Å². The molecule has 0 aliphatic carbocycles. The number of ether oxygens (including phenoxy) is 2. The molecule has 0 aliphatic rings. The first-order valence-corrected chi connectivity index (χ1v) is 5.85. The summed E-state index contributed by atoms with van der Waals surface area (Å²) in [7, 11) is 1.56. The molecular weight excluding hydrogens is 246 g/mol. The number of hydrogen-bond acceptors (Lipinski definition) is 4. The number of amides is 1. The van der Waals surface area contributed by atoms with Gasteiger partial charge in [0.1, 0.15) is 0 Å². The Balaban J connectivity index is 2.15. The van der Waals surface area contributed by atoms with Crippen molar-refractivity contribution in [2.24, 2.45) is 0 Å². The molecule has 1 aromatic carbocycles. The van der Waals surface area contributed by atoms with Gasteiger partial charge in [0.25, 0.3) is 5.91 Å². The molecule has 100 valence electrons. The standard InChI is InChI=1S/C13H15N3O3/c1-3-19-11-5-4-10(6-12(11)18-2)16-13(17)9-7-14-15-8-9/h4-8H,3H2,1-2H3,(H,14,15)(H,16,17). The van der Waals surface area contributed by atoms with Crippen LogP contribution in [0, 0.1) is 0 Å². The van der Waals surface area contributed by atoms with Gasteiger partial charge in [-0.05, 0) is 19.1 Å². The second kappa shape index (κ2) is 5.90. The maximum atomic E-state index is 11.8. The van der Waals surface area contributed by atoms with Crippen LogP contribution >= 0.6 is 0 Å². The zero-order valence-corrected chi connectivity index (χ0v) is 10.8. The monoisotopic (exact) mass is 261 g/mol. The van der Waals surface area contributed by atoms with Crippen LogP contribution < -0.4 is 14.8 Å². The number of hydrogen-bond donors (Lipinski definition) is 2. The maximum Gasteiger partial charge on any atom is 0.258 e. The van der Waals surface area contributed by atoms with E-state index in [1.54, 1.807) is 25.3 Å². The zero-order chi connectivity index (χ0) is 13.7. The Morgan fingerprint density at radius 1 is 1.42 bits per heavy atom. The van der Waals surface area contributed by atoms with Crippen molar-refractivity contribution in [1.82, 2.24) is 10.2 Å². The molecular formula is C13H15N3O3. The highest BCUT2D eigenvalue weighted by molar-refractivity contribution is 6.04. The Bertz CT molecular complexity index is 552. The highest BCUT2D eigenvalue weighted by Crippen LogP contribution is 2.30. The smallest absolute Gasteiger partial charge is 0.258 e. The van der Waals surface area contributed by atoms with E-state index >= 15 is 0 Å². The third-order valence-corrected chi connectivity index (χ3v) is 2.48. The summed E-state index contributed by atoms with van der Waals surface area (Å²) in [4.78, 5) is 11.8. The van der Waals surface area contributed by atoms with Gasteiger partial charge in [0.15, 0.2) is 11.5 Å². The molecule has 0 spiro atoms. The normalized spacial score (nSPS) is 10.0. The van der Waals surface area contributed by atoms with Crippen LogP contribution in [0.15, 0.2) is 30.6 Å². The fourth-order valence-corrected chi connectivity index (χ4v) is 1.60. The number of aromatic amines is 1. The van der Waals surface area contributed by atoms with Crippen LogP contribution in [0.4, 0.5) is 5.69 Å². The fraction of sp³-hybridized carbons (Fsp3) is 0.231. The largest absolute Gasteiger partial charge is 0.493 e. The van der Waals surface area contributed by atoms with Gasteiger partial charge in [-0.15, -0.1) is 0 Å². The molecule has 0 radical (unpaired) electrons. The van der Waals surface area contributed by atoms with Gasteiger partial charge in [0.2, 0.25) is 0 Å². The quantitative estimate of drug-likeness (QED) is 0.863. The molecule has 2 rings (SSSR count). The molecule has 0 saturated carbocycles. The Kier molecular flexibility index (Phi) is 4.02. The van der Waals surface area contributed by atoms with E-state index in [-0.39, 0.29) is 5.91 Å². The SMILES string of the molecule is CCOc1ccc(NC(=O)c2cn[nH]c2)cc1OC. The van der Waals surface area contributed by atoms with Crippen molar-refractivity contribution in [1.29, 1.82) is 0 Å². The highest BCUT2D eigenvalue weighted by atomic mass is 16.5. The van der Waals surface area contributed by atoms with Crippen molar-refractivity contribution in [3.63, 3.8) is 0 Å². The van der Waals surface area contributed by atoms with E-state index in [1.807, 2.05) is 6.92 Å². The van der Waals surface area contributed by atoms with Gasteiger partial charge in [-0.1, -0.05) is 0 Å². The molecule has 0 unspecified atom stereocenters. The van der Waals surface area contributed by atoms with Gasteiger partial charge >= 0.3 is 0 Å². The Hall–Kier alpha value is -2.50. The molecule has 0 bridgehead atoms. The molecule has 1 heterocycles. The van der Waals surface area contributed by atoms with E-state index in [0.29, 0.717) is 29.4 Å². The van der Waals surface area contributed by atoms with E-state index in [0.717, 1.165) is 0 Å². The number of carbonyl (C=O) groups excluding carboxylic acids is 1. The molecule has 0 saturated heterocycles. The lowest BCUT2D eigenvalue weighted by Gasteiger charge is -2.11. The first-order valence-electron chi connectivity index (χ1n) is 5.85. The summed E-state index contributed by atoms with van der Waals surface area (Å²) in [6, 6.07) is 5.22. The molecule has 19 heavy (non-hydrogen) atoms. The maximum absolute atomic E-state index is 11.8. The van der Waals surface area contributed by atoms with Crippen molar-refractivity contribution in [3.05, 3.63) is 36.2 Å². The second-order valence-electron chi connectivity index (χ2n) is 3.74. The lowest BCUT2D eigenvalue weighted by Crippen LogP contribution is -2.11. The average Bonchev–Trinajstić information content (AvgIpc) is 2.94. The predicted molar refractivity (Wildman–Crippen MR) is 70.7 cm³/mol. The number of rotatable bonds is 5. The summed E-state index contributed by atoms with van der Waals surface area (Å²) in [5.41, 5.74) is 1.10. The van der Waals surface area contributed by atoms with Gasteiger partial charge in [-0.2, -0.15) is 5.10 Å². The number of aromatic nitrogens is 2. The van der Waals surface area contributed by atoms with Crippen LogP contribution in [0.3, 0.4) is 0 Å². The van der Waals surface area contributed by atoms with Crippen LogP contribution in [0.1, 0.15) is 17.3 Å². The lowest BCUT2D eigenvalue weighted by atomic mass is 10.2. The molecule has 0 aliphatic heterocycles. The summed E-state index contributed by atoms with van der Waals surface area (Å²) < 4.78 is 10.6. The van der Waals surface area contributed by atoms with E-state index in [1.165, 1.54) is 12.4 Å². The minimum atomic E-state index is -0.236. The number of H-pyrrole nitrogens is 1. The van der Waals surface area contributed by atoms with Gasteiger partial charge < -0.3 is 14.8 Å². The summed E-state index contributed by atoms with van der Waals surface area (Å²) in [5, 5.41) is 9.07. The van der Waals surface area contributed by atoms with Gasteiger partial charge in [0, 0.05) is 18.0 Å². The van der Waals surface area contributed by atoms with Crippen LogP contribution in [0.5, 0.6) is 11.5 Å². The van der Waals surface area contributed by atoms with Crippen molar-refractivity contribution in [2.75, 3.05) is 19.0 Å². The first kappa shape index (κ1) is 12.9. The van der Waals surface area contributed by atoms with Crippen LogP contribution in [0.25, 0.3) is 0 Å². The lowest BCUT2D eigenvalue weighted by molar-refractivity contribution is 0.102. The summed E-state index contributed by atoms with van der Waals surface area (Å²) in [6.45, 7) is 2.45. The van der Waals surface area contributed by atoms with Crippen molar-refractivity contribution >= 4 is 11.6 Å². The number of methoxy groups -OCH3 is 1. The molecule has 2 aromatic rings. The zero-order valence-electron chi connectivity index (χ0n) is 10.8. The predicted octanol–water partition coefficient (Wildman–Crippen LogP) is 2.07. The number of nitrogens with one attached hydrogen (secondary N) is 2. The Morgan fingerprint density at radius 2 is 2.26 bits per heavy atom. The molecule has 0 fully saturated rings. The third-order valence-electron chi connectivity index (χ3n) is 2.48. The van der Waals surface area contributed by atoms with Crippen molar-refractivity contribution in [3.8, 4) is 11.5 Å². The minimum absolute atomic E-state index is 0.236. The second-order valence-corrected chi connectivity index (χ2v) is 3.74. The number of carbonyl (C=O) groups is 1. The fourth-order valence-electron chi connectivity index (χ4n) is 1.60. The third kappa shape index (κ3) is 3.04.